The highest BCUT2D eigenvalue weighted by Crippen LogP contribution is 2.32. The van der Waals surface area contributed by atoms with Gasteiger partial charge in [0.2, 0.25) is 23.4 Å². The SMILES string of the molecule is O=C(CCc1nc(-c2ncccn2)no1)N1CCCC1c1cccc(F)c1. The molecule has 0 N–H and O–H groups in total. The average molecular weight is 367 g/mol. The second-order valence-corrected chi connectivity index (χ2v) is 6.38. The van der Waals surface area contributed by atoms with E-state index in [1.54, 1.807) is 24.5 Å². The minimum absolute atomic E-state index is 0.00234. The Morgan fingerprint density at radius 1 is 1.22 bits per heavy atom. The number of carbonyl (C=O) groups excluding carboxylic acids is 1. The molecule has 0 bridgehead atoms. The van der Waals surface area contributed by atoms with Crippen LogP contribution >= 0.6 is 0 Å². The number of rotatable bonds is 5. The number of hydrogen-bond donors (Lipinski definition) is 0. The zero-order valence-electron chi connectivity index (χ0n) is 14.6. The Balaban J connectivity index is 1.40. The van der Waals surface area contributed by atoms with E-state index in [1.165, 1.54) is 12.1 Å². The maximum Gasteiger partial charge on any atom is 0.240 e. The Morgan fingerprint density at radius 3 is 2.89 bits per heavy atom. The van der Waals surface area contributed by atoms with Crippen LogP contribution in [0.1, 0.15) is 36.8 Å². The standard InChI is InChI=1S/C19H18FN5O2/c20-14-5-1-4-13(12-14)15-6-2-11-25(15)17(26)8-7-16-23-19(24-27-16)18-21-9-3-10-22-18/h1,3-5,9-10,12,15H,2,6-8,11H2. The average Bonchev–Trinajstić information content (AvgIpc) is 3.36. The molecule has 1 saturated heterocycles. The molecule has 0 spiro atoms. The number of nitrogens with zero attached hydrogens (tertiary/aromatic N) is 5. The molecule has 3 heterocycles. The molecule has 4 rings (SSSR count). The molecule has 7 nitrogen and oxygen atoms in total. The van der Waals surface area contributed by atoms with Crippen LogP contribution in [0.3, 0.4) is 0 Å². The predicted octanol–water partition coefficient (Wildman–Crippen LogP) is 2.96. The molecule has 8 heteroatoms. The number of amides is 1. The zero-order chi connectivity index (χ0) is 18.6. The van der Waals surface area contributed by atoms with Crippen LogP contribution in [0.25, 0.3) is 11.6 Å². The van der Waals surface area contributed by atoms with Gasteiger partial charge in [-0.25, -0.2) is 14.4 Å². The second kappa shape index (κ2) is 7.61. The van der Waals surface area contributed by atoms with E-state index < -0.39 is 0 Å². The Bertz CT molecular complexity index is 931. The summed E-state index contributed by atoms with van der Waals surface area (Å²) in [4.78, 5) is 26.9. The maximum absolute atomic E-state index is 13.5. The number of likely N-dealkylation sites (tertiary alicyclic amines) is 1. The molecule has 27 heavy (non-hydrogen) atoms. The summed E-state index contributed by atoms with van der Waals surface area (Å²) in [5.41, 5.74) is 0.835. The largest absolute Gasteiger partial charge is 0.339 e. The van der Waals surface area contributed by atoms with Crippen LogP contribution in [0.4, 0.5) is 4.39 Å². The molecule has 0 saturated carbocycles. The lowest BCUT2D eigenvalue weighted by Crippen LogP contribution is -2.30. The van der Waals surface area contributed by atoms with E-state index in [2.05, 4.69) is 20.1 Å². The quantitative estimate of drug-likeness (QED) is 0.689. The fourth-order valence-electron chi connectivity index (χ4n) is 3.34. The van der Waals surface area contributed by atoms with Gasteiger partial charge >= 0.3 is 0 Å². The van der Waals surface area contributed by atoms with Crippen LogP contribution in [0.15, 0.2) is 47.2 Å². The molecule has 2 aromatic heterocycles. The van der Waals surface area contributed by atoms with Gasteiger partial charge in [0.15, 0.2) is 0 Å². The van der Waals surface area contributed by atoms with Crippen LogP contribution in [0.2, 0.25) is 0 Å². The summed E-state index contributed by atoms with van der Waals surface area (Å²) in [5, 5.41) is 3.86. The number of benzene rings is 1. The molecule has 1 amide bonds. The number of aryl methyl sites for hydroxylation is 1. The highest BCUT2D eigenvalue weighted by atomic mass is 19.1. The number of halogens is 1. The van der Waals surface area contributed by atoms with Crippen molar-refractivity contribution in [1.82, 2.24) is 25.0 Å². The van der Waals surface area contributed by atoms with E-state index in [1.807, 2.05) is 11.0 Å². The summed E-state index contributed by atoms with van der Waals surface area (Å²) < 4.78 is 18.7. The monoisotopic (exact) mass is 367 g/mol. The van der Waals surface area contributed by atoms with Crippen molar-refractivity contribution >= 4 is 5.91 Å². The Labute approximate surface area is 155 Å². The van der Waals surface area contributed by atoms with Crippen molar-refractivity contribution in [3.8, 4) is 11.6 Å². The first-order chi connectivity index (χ1) is 13.2. The van der Waals surface area contributed by atoms with Crippen molar-refractivity contribution in [2.75, 3.05) is 6.54 Å². The third kappa shape index (κ3) is 3.84. The fourth-order valence-corrected chi connectivity index (χ4v) is 3.34. The molecule has 1 aliphatic heterocycles. The fraction of sp³-hybridized carbons (Fsp3) is 0.316. The first-order valence-electron chi connectivity index (χ1n) is 8.85. The third-order valence-electron chi connectivity index (χ3n) is 4.59. The van der Waals surface area contributed by atoms with Crippen molar-refractivity contribution in [2.45, 2.75) is 31.7 Å². The Kier molecular flexibility index (Phi) is 4.86. The van der Waals surface area contributed by atoms with Crippen molar-refractivity contribution in [2.24, 2.45) is 0 Å². The van der Waals surface area contributed by atoms with E-state index in [0.717, 1.165) is 18.4 Å². The van der Waals surface area contributed by atoms with Gasteiger partial charge < -0.3 is 9.42 Å². The lowest BCUT2D eigenvalue weighted by Gasteiger charge is -2.25. The van der Waals surface area contributed by atoms with E-state index in [0.29, 0.717) is 30.5 Å². The van der Waals surface area contributed by atoms with E-state index in [-0.39, 0.29) is 24.2 Å². The van der Waals surface area contributed by atoms with Crippen LogP contribution in [-0.4, -0.2) is 37.5 Å². The van der Waals surface area contributed by atoms with Gasteiger partial charge in [-0.05, 0) is 36.6 Å². The summed E-state index contributed by atoms with van der Waals surface area (Å²) in [6, 6.07) is 8.08. The van der Waals surface area contributed by atoms with Gasteiger partial charge in [0.1, 0.15) is 5.82 Å². The smallest absolute Gasteiger partial charge is 0.240 e. The minimum Gasteiger partial charge on any atom is -0.339 e. The highest BCUT2D eigenvalue weighted by molar-refractivity contribution is 5.77. The normalized spacial score (nSPS) is 16.6. The molecule has 1 aromatic carbocycles. The molecular formula is C19H18FN5O2. The lowest BCUT2D eigenvalue weighted by molar-refractivity contribution is -0.132. The molecule has 138 valence electrons. The zero-order valence-corrected chi connectivity index (χ0v) is 14.6. The predicted molar refractivity (Wildman–Crippen MR) is 93.7 cm³/mol. The number of aromatic nitrogens is 4. The summed E-state index contributed by atoms with van der Waals surface area (Å²) in [6.07, 6.45) is 5.53. The maximum atomic E-state index is 13.5. The highest BCUT2D eigenvalue weighted by Gasteiger charge is 2.30. The Hall–Kier alpha value is -3.16. The van der Waals surface area contributed by atoms with Crippen LogP contribution < -0.4 is 0 Å². The van der Waals surface area contributed by atoms with E-state index in [9.17, 15) is 9.18 Å². The molecule has 1 fully saturated rings. The van der Waals surface area contributed by atoms with Gasteiger partial charge in [-0.1, -0.05) is 17.3 Å². The van der Waals surface area contributed by atoms with Crippen LogP contribution in [0, 0.1) is 5.82 Å². The molecule has 1 unspecified atom stereocenters. The van der Waals surface area contributed by atoms with Gasteiger partial charge in [-0.15, -0.1) is 0 Å². The molecule has 1 aliphatic rings. The van der Waals surface area contributed by atoms with Gasteiger partial charge in [0, 0.05) is 31.8 Å². The topological polar surface area (TPSA) is 85.0 Å². The number of carbonyl (C=O) groups is 1. The minimum atomic E-state index is -0.284. The van der Waals surface area contributed by atoms with Crippen molar-refractivity contribution in [3.63, 3.8) is 0 Å². The number of hydrogen-bond acceptors (Lipinski definition) is 6. The summed E-state index contributed by atoms with van der Waals surface area (Å²) in [7, 11) is 0. The van der Waals surface area contributed by atoms with Crippen molar-refractivity contribution in [1.29, 1.82) is 0 Å². The lowest BCUT2D eigenvalue weighted by atomic mass is 10.0. The second-order valence-electron chi connectivity index (χ2n) is 6.38. The first-order valence-corrected chi connectivity index (χ1v) is 8.85. The van der Waals surface area contributed by atoms with Crippen LogP contribution in [-0.2, 0) is 11.2 Å². The first kappa shape index (κ1) is 17.3. The van der Waals surface area contributed by atoms with E-state index >= 15 is 0 Å². The summed E-state index contributed by atoms with van der Waals surface area (Å²) in [6.45, 7) is 0.674. The van der Waals surface area contributed by atoms with Crippen LogP contribution in [0.5, 0.6) is 0 Å². The third-order valence-corrected chi connectivity index (χ3v) is 4.59. The van der Waals surface area contributed by atoms with Crippen molar-refractivity contribution in [3.05, 3.63) is 60.0 Å². The van der Waals surface area contributed by atoms with Crippen molar-refractivity contribution < 1.29 is 13.7 Å². The summed E-state index contributed by atoms with van der Waals surface area (Å²) >= 11 is 0. The van der Waals surface area contributed by atoms with Gasteiger partial charge in [0.25, 0.3) is 0 Å². The Morgan fingerprint density at radius 2 is 2.07 bits per heavy atom. The molecular weight excluding hydrogens is 349 g/mol. The van der Waals surface area contributed by atoms with Gasteiger partial charge in [-0.3, -0.25) is 4.79 Å². The molecule has 0 radical (unpaired) electrons. The molecule has 3 aromatic rings. The van der Waals surface area contributed by atoms with Gasteiger partial charge in [0.05, 0.1) is 6.04 Å². The van der Waals surface area contributed by atoms with Gasteiger partial charge in [-0.2, -0.15) is 4.98 Å². The summed E-state index contributed by atoms with van der Waals surface area (Å²) in [5.74, 6) is 0.763. The van der Waals surface area contributed by atoms with E-state index in [4.69, 9.17) is 4.52 Å². The molecule has 1 atom stereocenters. The molecule has 0 aliphatic carbocycles.